The molecular formula is C13H15ClFNO3. The molecule has 6 heteroatoms. The van der Waals surface area contributed by atoms with E-state index in [1.807, 2.05) is 0 Å². The summed E-state index contributed by atoms with van der Waals surface area (Å²) in [4.78, 5) is 22.1. The molecule has 0 aliphatic rings. The Morgan fingerprint density at radius 3 is 2.74 bits per heavy atom. The maximum absolute atomic E-state index is 13.2. The van der Waals surface area contributed by atoms with Crippen LogP contribution in [0.1, 0.15) is 36.5 Å². The first-order chi connectivity index (χ1) is 8.90. The van der Waals surface area contributed by atoms with Gasteiger partial charge in [-0.2, -0.15) is 0 Å². The highest BCUT2D eigenvalue weighted by atomic mass is 35.5. The Morgan fingerprint density at radius 2 is 2.16 bits per heavy atom. The third kappa shape index (κ3) is 5.26. The zero-order valence-corrected chi connectivity index (χ0v) is 11.2. The number of nitrogens with one attached hydrogen (secondary N) is 1. The van der Waals surface area contributed by atoms with Crippen molar-refractivity contribution >= 4 is 23.5 Å². The Labute approximate surface area is 115 Å². The molecule has 0 fully saturated rings. The molecule has 0 heterocycles. The van der Waals surface area contributed by atoms with Crippen LogP contribution in [-0.2, 0) is 4.79 Å². The van der Waals surface area contributed by atoms with Gasteiger partial charge in [0.1, 0.15) is 5.82 Å². The third-order valence-electron chi connectivity index (χ3n) is 2.59. The summed E-state index contributed by atoms with van der Waals surface area (Å²) in [5.41, 5.74) is 0.187. The highest BCUT2D eigenvalue weighted by Crippen LogP contribution is 2.15. The molecule has 4 nitrogen and oxygen atoms in total. The lowest BCUT2D eigenvalue weighted by molar-refractivity contribution is -0.137. The van der Waals surface area contributed by atoms with E-state index in [4.69, 9.17) is 16.7 Å². The molecule has 0 aliphatic carbocycles. The van der Waals surface area contributed by atoms with Gasteiger partial charge in [-0.25, -0.2) is 4.39 Å². The second-order valence-corrected chi connectivity index (χ2v) is 4.70. The quantitative estimate of drug-likeness (QED) is 0.845. The topological polar surface area (TPSA) is 66.4 Å². The first-order valence-corrected chi connectivity index (χ1v) is 6.25. The number of benzene rings is 1. The maximum Gasteiger partial charge on any atom is 0.303 e. The van der Waals surface area contributed by atoms with Gasteiger partial charge in [0.2, 0.25) is 0 Å². The van der Waals surface area contributed by atoms with Crippen LogP contribution in [0.4, 0.5) is 4.39 Å². The molecule has 0 aliphatic heterocycles. The number of amides is 1. The highest BCUT2D eigenvalue weighted by Gasteiger charge is 2.12. The van der Waals surface area contributed by atoms with Crippen LogP contribution < -0.4 is 5.32 Å². The predicted octanol–water partition coefficient (Wildman–Crippen LogP) is 2.85. The number of carboxylic acids is 1. The number of carboxylic acid groups (broad SMARTS) is 1. The minimum Gasteiger partial charge on any atom is -0.481 e. The van der Waals surface area contributed by atoms with Crippen molar-refractivity contribution in [1.82, 2.24) is 5.32 Å². The minimum absolute atomic E-state index is 0.0361. The van der Waals surface area contributed by atoms with Crippen molar-refractivity contribution in [3.05, 3.63) is 34.6 Å². The van der Waals surface area contributed by atoms with E-state index in [-0.39, 0.29) is 23.0 Å². The largest absolute Gasteiger partial charge is 0.481 e. The van der Waals surface area contributed by atoms with Crippen LogP contribution in [0.3, 0.4) is 0 Å². The van der Waals surface area contributed by atoms with Gasteiger partial charge in [0.05, 0.1) is 5.02 Å². The Kier molecular flexibility index (Phi) is 5.76. The molecule has 1 amide bonds. The lowest BCUT2D eigenvalue weighted by Crippen LogP contribution is -2.32. The minimum atomic E-state index is -0.863. The fraction of sp³-hybridized carbons (Fsp3) is 0.385. The molecule has 0 saturated heterocycles. The number of carbonyl (C=O) groups excluding carboxylic acids is 1. The van der Waals surface area contributed by atoms with Crippen LogP contribution >= 0.6 is 11.6 Å². The smallest absolute Gasteiger partial charge is 0.303 e. The summed E-state index contributed by atoms with van der Waals surface area (Å²) in [7, 11) is 0. The van der Waals surface area contributed by atoms with Crippen molar-refractivity contribution in [1.29, 1.82) is 0 Å². The van der Waals surface area contributed by atoms with Crippen molar-refractivity contribution in [2.75, 3.05) is 0 Å². The van der Waals surface area contributed by atoms with Gasteiger partial charge in [-0.15, -0.1) is 0 Å². The normalized spacial score (nSPS) is 11.9. The number of rotatable bonds is 6. The van der Waals surface area contributed by atoms with Gasteiger partial charge >= 0.3 is 5.97 Å². The maximum atomic E-state index is 13.2. The number of aliphatic carboxylic acids is 1. The van der Waals surface area contributed by atoms with E-state index in [0.717, 1.165) is 6.07 Å². The van der Waals surface area contributed by atoms with Crippen molar-refractivity contribution in [2.24, 2.45) is 0 Å². The SMILES string of the molecule is CC(CCCC(=O)O)NC(=O)c1ccc(Cl)c(F)c1. The van der Waals surface area contributed by atoms with Gasteiger partial charge in [-0.1, -0.05) is 11.6 Å². The Balaban J connectivity index is 2.49. The second kappa shape index (κ2) is 7.09. The van der Waals surface area contributed by atoms with Crippen LogP contribution in [0, 0.1) is 5.82 Å². The van der Waals surface area contributed by atoms with Gasteiger partial charge in [0.15, 0.2) is 0 Å². The van der Waals surface area contributed by atoms with E-state index >= 15 is 0 Å². The number of halogens is 2. The number of hydrogen-bond donors (Lipinski definition) is 2. The van der Waals surface area contributed by atoms with Crippen LogP contribution in [0.15, 0.2) is 18.2 Å². The van der Waals surface area contributed by atoms with E-state index in [1.165, 1.54) is 12.1 Å². The lowest BCUT2D eigenvalue weighted by atomic mass is 10.1. The van der Waals surface area contributed by atoms with E-state index in [9.17, 15) is 14.0 Å². The molecule has 0 radical (unpaired) electrons. The second-order valence-electron chi connectivity index (χ2n) is 4.29. The number of carbonyl (C=O) groups is 2. The van der Waals surface area contributed by atoms with Gasteiger partial charge in [-0.3, -0.25) is 9.59 Å². The van der Waals surface area contributed by atoms with Gasteiger partial charge in [0, 0.05) is 18.0 Å². The average Bonchev–Trinajstić information content (AvgIpc) is 2.32. The molecule has 1 aromatic rings. The van der Waals surface area contributed by atoms with Gasteiger partial charge in [-0.05, 0) is 38.0 Å². The Bertz CT molecular complexity index is 479. The fourth-order valence-electron chi connectivity index (χ4n) is 1.58. The van der Waals surface area contributed by atoms with Crippen molar-refractivity contribution in [3.8, 4) is 0 Å². The van der Waals surface area contributed by atoms with E-state index < -0.39 is 17.7 Å². The van der Waals surface area contributed by atoms with E-state index in [2.05, 4.69) is 5.32 Å². The molecule has 0 saturated carbocycles. The molecule has 0 aromatic heterocycles. The molecule has 1 aromatic carbocycles. The van der Waals surface area contributed by atoms with Crippen LogP contribution in [0.5, 0.6) is 0 Å². The molecule has 104 valence electrons. The average molecular weight is 288 g/mol. The zero-order valence-electron chi connectivity index (χ0n) is 10.5. The van der Waals surface area contributed by atoms with Crippen LogP contribution in [0.25, 0.3) is 0 Å². The number of hydrogen-bond acceptors (Lipinski definition) is 2. The molecular weight excluding hydrogens is 273 g/mol. The lowest BCUT2D eigenvalue weighted by Gasteiger charge is -2.13. The van der Waals surface area contributed by atoms with Crippen molar-refractivity contribution < 1.29 is 19.1 Å². The summed E-state index contributed by atoms with van der Waals surface area (Å²) in [5.74, 6) is -1.91. The van der Waals surface area contributed by atoms with E-state index in [0.29, 0.717) is 12.8 Å². The molecule has 0 bridgehead atoms. The summed E-state index contributed by atoms with van der Waals surface area (Å²) < 4.78 is 13.2. The van der Waals surface area contributed by atoms with Gasteiger partial charge < -0.3 is 10.4 Å². The first-order valence-electron chi connectivity index (χ1n) is 5.88. The highest BCUT2D eigenvalue weighted by molar-refractivity contribution is 6.30. The summed E-state index contributed by atoms with van der Waals surface area (Å²) in [6, 6.07) is 3.65. The summed E-state index contributed by atoms with van der Waals surface area (Å²) in [6.07, 6.45) is 1.09. The molecule has 1 rings (SSSR count). The molecule has 1 unspecified atom stereocenters. The predicted molar refractivity (Wildman–Crippen MR) is 69.8 cm³/mol. The molecule has 19 heavy (non-hydrogen) atoms. The van der Waals surface area contributed by atoms with Crippen LogP contribution in [-0.4, -0.2) is 23.0 Å². The summed E-state index contributed by atoms with van der Waals surface area (Å²) in [5, 5.41) is 11.1. The Hall–Kier alpha value is -1.62. The van der Waals surface area contributed by atoms with Crippen LogP contribution in [0.2, 0.25) is 5.02 Å². The first kappa shape index (κ1) is 15.4. The fourth-order valence-corrected chi connectivity index (χ4v) is 1.69. The summed E-state index contributed by atoms with van der Waals surface area (Å²) >= 11 is 5.53. The zero-order chi connectivity index (χ0) is 14.4. The monoisotopic (exact) mass is 287 g/mol. The standard InChI is InChI=1S/C13H15ClFNO3/c1-8(3-2-4-12(17)18)16-13(19)9-5-6-10(14)11(15)7-9/h5-8H,2-4H2,1H3,(H,16,19)(H,17,18). The summed E-state index contributed by atoms with van der Waals surface area (Å²) in [6.45, 7) is 1.77. The van der Waals surface area contributed by atoms with E-state index in [1.54, 1.807) is 6.92 Å². The molecule has 0 spiro atoms. The molecule has 2 N–H and O–H groups in total. The Morgan fingerprint density at radius 1 is 1.47 bits per heavy atom. The van der Waals surface area contributed by atoms with Crippen molar-refractivity contribution in [3.63, 3.8) is 0 Å². The molecule has 1 atom stereocenters. The van der Waals surface area contributed by atoms with Crippen molar-refractivity contribution in [2.45, 2.75) is 32.2 Å². The third-order valence-corrected chi connectivity index (χ3v) is 2.89. The van der Waals surface area contributed by atoms with Gasteiger partial charge in [0.25, 0.3) is 5.91 Å².